The van der Waals surface area contributed by atoms with Crippen LogP contribution in [-0.4, -0.2) is 66.4 Å². The molecule has 170 valence electrons. The summed E-state index contributed by atoms with van der Waals surface area (Å²) in [6, 6.07) is 4.68. The molecule has 0 saturated carbocycles. The van der Waals surface area contributed by atoms with E-state index < -0.39 is 0 Å². The van der Waals surface area contributed by atoms with Crippen LogP contribution in [0.3, 0.4) is 0 Å². The second-order valence-electron chi connectivity index (χ2n) is 9.13. The van der Waals surface area contributed by atoms with Gasteiger partial charge in [0.25, 0.3) is 0 Å². The summed E-state index contributed by atoms with van der Waals surface area (Å²) < 4.78 is 2.22. The molecule has 2 saturated heterocycles. The number of imidazole rings is 1. The summed E-state index contributed by atoms with van der Waals surface area (Å²) in [5, 5.41) is 13.5. The number of nitrogens with one attached hydrogen (secondary N) is 1. The highest BCUT2D eigenvalue weighted by Gasteiger charge is 2.32. The average Bonchev–Trinajstić information content (AvgIpc) is 3.36. The number of aliphatic hydroxyl groups excluding tert-OH is 1. The van der Waals surface area contributed by atoms with Gasteiger partial charge in [0.15, 0.2) is 0 Å². The number of rotatable bonds is 5. The lowest BCUT2D eigenvalue weighted by atomic mass is 10.0. The predicted molar refractivity (Wildman–Crippen MR) is 125 cm³/mol. The minimum absolute atomic E-state index is 0.268. The van der Waals surface area contributed by atoms with Crippen molar-refractivity contribution in [3.63, 3.8) is 0 Å². The molecule has 0 spiro atoms. The van der Waals surface area contributed by atoms with Gasteiger partial charge in [-0.1, -0.05) is 0 Å². The van der Waals surface area contributed by atoms with E-state index in [2.05, 4.69) is 48.5 Å². The minimum Gasteiger partial charge on any atom is -0.378 e. The van der Waals surface area contributed by atoms with Crippen LogP contribution in [0.25, 0.3) is 11.0 Å². The van der Waals surface area contributed by atoms with Crippen molar-refractivity contribution in [2.75, 3.05) is 29.9 Å². The number of aliphatic hydroxyl groups is 1. The SMILES string of the molecule is Cc1nc2cnc(Nc3ccnc(N4CCC(N5CCCC5O)CC4)n3)cc2n1C(C)C. The van der Waals surface area contributed by atoms with Crippen molar-refractivity contribution in [1.29, 1.82) is 0 Å². The van der Waals surface area contributed by atoms with Gasteiger partial charge in [0.1, 0.15) is 29.2 Å². The molecule has 0 aliphatic carbocycles. The van der Waals surface area contributed by atoms with Gasteiger partial charge in [-0.05, 0) is 52.5 Å². The van der Waals surface area contributed by atoms with Crippen LogP contribution in [0.2, 0.25) is 0 Å². The number of aromatic nitrogens is 5. The monoisotopic (exact) mass is 436 g/mol. The normalized spacial score (nSPS) is 20.5. The molecule has 9 heteroatoms. The molecule has 0 bridgehead atoms. The number of piperidine rings is 1. The quantitative estimate of drug-likeness (QED) is 0.629. The van der Waals surface area contributed by atoms with Gasteiger partial charge in [-0.15, -0.1) is 0 Å². The zero-order valence-electron chi connectivity index (χ0n) is 19.1. The van der Waals surface area contributed by atoms with E-state index in [-0.39, 0.29) is 6.23 Å². The van der Waals surface area contributed by atoms with E-state index in [1.165, 1.54) is 0 Å². The lowest BCUT2D eigenvalue weighted by Gasteiger charge is -2.38. The van der Waals surface area contributed by atoms with Gasteiger partial charge in [-0.25, -0.2) is 15.0 Å². The fourth-order valence-electron chi connectivity index (χ4n) is 5.14. The summed E-state index contributed by atoms with van der Waals surface area (Å²) in [7, 11) is 0. The predicted octanol–water partition coefficient (Wildman–Crippen LogP) is 3.24. The van der Waals surface area contributed by atoms with Crippen molar-refractivity contribution in [3.8, 4) is 0 Å². The first-order valence-electron chi connectivity index (χ1n) is 11.6. The Kier molecular flexibility index (Phi) is 5.69. The molecule has 5 heterocycles. The number of anilines is 3. The highest BCUT2D eigenvalue weighted by Crippen LogP contribution is 2.27. The number of hydrogen-bond donors (Lipinski definition) is 2. The topological polar surface area (TPSA) is 95.2 Å². The van der Waals surface area contributed by atoms with E-state index in [1.54, 1.807) is 6.20 Å². The molecule has 32 heavy (non-hydrogen) atoms. The maximum atomic E-state index is 10.2. The highest BCUT2D eigenvalue weighted by atomic mass is 16.3. The largest absolute Gasteiger partial charge is 0.378 e. The third kappa shape index (κ3) is 4.02. The summed E-state index contributed by atoms with van der Waals surface area (Å²) in [6.45, 7) is 9.15. The molecule has 1 atom stereocenters. The molecule has 3 aromatic heterocycles. The summed E-state index contributed by atoms with van der Waals surface area (Å²) in [5.41, 5.74) is 1.96. The van der Waals surface area contributed by atoms with Gasteiger partial charge in [0.2, 0.25) is 5.95 Å². The fourth-order valence-corrected chi connectivity index (χ4v) is 5.14. The highest BCUT2D eigenvalue weighted by molar-refractivity contribution is 5.79. The Balaban J connectivity index is 1.29. The number of fused-ring (bicyclic) bond motifs is 1. The smallest absolute Gasteiger partial charge is 0.227 e. The lowest BCUT2D eigenvalue weighted by Crippen LogP contribution is -2.47. The molecule has 3 aromatic rings. The van der Waals surface area contributed by atoms with Crippen molar-refractivity contribution in [2.24, 2.45) is 0 Å². The van der Waals surface area contributed by atoms with Gasteiger partial charge >= 0.3 is 0 Å². The van der Waals surface area contributed by atoms with Crippen molar-refractivity contribution in [2.45, 2.75) is 64.8 Å². The van der Waals surface area contributed by atoms with Crippen molar-refractivity contribution in [1.82, 2.24) is 29.4 Å². The van der Waals surface area contributed by atoms with Crippen molar-refractivity contribution >= 4 is 28.6 Å². The number of nitrogens with zero attached hydrogens (tertiary/aromatic N) is 7. The zero-order valence-corrected chi connectivity index (χ0v) is 19.1. The molecular weight excluding hydrogens is 404 g/mol. The van der Waals surface area contributed by atoms with Crippen LogP contribution in [0.5, 0.6) is 0 Å². The van der Waals surface area contributed by atoms with Gasteiger partial charge < -0.3 is 19.9 Å². The van der Waals surface area contributed by atoms with Gasteiger partial charge in [0, 0.05) is 44.0 Å². The number of hydrogen-bond acceptors (Lipinski definition) is 8. The van der Waals surface area contributed by atoms with Crippen LogP contribution in [0.1, 0.15) is 51.4 Å². The van der Waals surface area contributed by atoms with Crippen LogP contribution >= 0.6 is 0 Å². The Labute approximate surface area is 188 Å². The Hall–Kier alpha value is -2.78. The first kappa shape index (κ1) is 21.1. The fraction of sp³-hybridized carbons (Fsp3) is 0.565. The summed E-state index contributed by atoms with van der Waals surface area (Å²) in [6.07, 6.45) is 7.37. The van der Waals surface area contributed by atoms with Gasteiger partial charge in [-0.3, -0.25) is 4.90 Å². The maximum absolute atomic E-state index is 10.2. The maximum Gasteiger partial charge on any atom is 0.227 e. The summed E-state index contributed by atoms with van der Waals surface area (Å²) >= 11 is 0. The molecule has 2 aliphatic rings. The number of aryl methyl sites for hydroxylation is 1. The third-order valence-electron chi connectivity index (χ3n) is 6.65. The van der Waals surface area contributed by atoms with Crippen LogP contribution in [-0.2, 0) is 0 Å². The van der Waals surface area contributed by atoms with Crippen molar-refractivity contribution < 1.29 is 5.11 Å². The Morgan fingerprint density at radius 2 is 1.88 bits per heavy atom. The lowest BCUT2D eigenvalue weighted by molar-refractivity contribution is 0.00170. The average molecular weight is 437 g/mol. The molecule has 1 unspecified atom stereocenters. The third-order valence-corrected chi connectivity index (χ3v) is 6.65. The van der Waals surface area contributed by atoms with E-state index in [0.29, 0.717) is 12.1 Å². The van der Waals surface area contributed by atoms with Gasteiger partial charge in [0.05, 0.1) is 11.7 Å². The number of likely N-dealkylation sites (tertiary alicyclic amines) is 1. The standard InChI is InChI=1S/C23H32N8O/c1-15(2)31-16(3)26-18-14-25-21(13-19(18)31)27-20-6-9-24-23(28-20)29-11-7-17(8-12-29)30-10-4-5-22(30)32/h6,9,13-15,17,22,32H,4-5,7-8,10-12H2,1-3H3,(H,24,25,27,28). The molecule has 0 aromatic carbocycles. The molecule has 2 aliphatic heterocycles. The summed E-state index contributed by atoms with van der Waals surface area (Å²) in [5.74, 6) is 3.19. The second-order valence-corrected chi connectivity index (χ2v) is 9.13. The molecular formula is C23H32N8O. The Morgan fingerprint density at radius 1 is 1.06 bits per heavy atom. The molecule has 5 rings (SSSR count). The molecule has 0 radical (unpaired) electrons. The molecule has 9 nitrogen and oxygen atoms in total. The van der Waals surface area contributed by atoms with Crippen LogP contribution in [0, 0.1) is 6.92 Å². The molecule has 0 amide bonds. The minimum atomic E-state index is -0.268. The summed E-state index contributed by atoms with van der Waals surface area (Å²) in [4.78, 5) is 22.9. The van der Waals surface area contributed by atoms with E-state index in [1.807, 2.05) is 25.3 Å². The van der Waals surface area contributed by atoms with Gasteiger partial charge in [-0.2, -0.15) is 4.98 Å². The molecule has 2 N–H and O–H groups in total. The van der Waals surface area contributed by atoms with E-state index in [9.17, 15) is 5.11 Å². The first-order chi connectivity index (χ1) is 15.5. The van der Waals surface area contributed by atoms with E-state index in [4.69, 9.17) is 4.98 Å². The Bertz CT molecular complexity index is 1090. The van der Waals surface area contributed by atoms with Crippen molar-refractivity contribution in [3.05, 3.63) is 30.4 Å². The van der Waals surface area contributed by atoms with Crippen LogP contribution in [0.4, 0.5) is 17.6 Å². The van der Waals surface area contributed by atoms with E-state index >= 15 is 0 Å². The van der Waals surface area contributed by atoms with Crippen LogP contribution in [0.15, 0.2) is 24.5 Å². The Morgan fingerprint density at radius 3 is 2.59 bits per heavy atom. The van der Waals surface area contributed by atoms with Crippen LogP contribution < -0.4 is 10.2 Å². The first-order valence-corrected chi connectivity index (χ1v) is 11.6. The second kappa shape index (κ2) is 8.63. The van der Waals surface area contributed by atoms with E-state index in [0.717, 1.165) is 79.8 Å². The number of pyridine rings is 1. The zero-order chi connectivity index (χ0) is 22.2. The molecule has 2 fully saturated rings.